The number of nitrogens with one attached hydrogen (secondary N) is 1. The van der Waals surface area contributed by atoms with Crippen LogP contribution in [-0.2, 0) is 13.6 Å². The lowest BCUT2D eigenvalue weighted by Gasteiger charge is -2.21. The summed E-state index contributed by atoms with van der Waals surface area (Å²) in [5.41, 5.74) is 2.36. The van der Waals surface area contributed by atoms with Crippen molar-refractivity contribution in [3.05, 3.63) is 35.5 Å². The standard InChI is InChI=1S/C20H32N6O.HI/c1-5-15(6-2)19-10-18(27-24-19)12-22-20(21-7-3)26-9-8-16(14-26)17-11-23-25(4)13-17;/h10-11,13,15-16H,5-9,12,14H2,1-4H3,(H,21,22);1H. The maximum atomic E-state index is 5.52. The Hall–Kier alpha value is -1.58. The molecule has 1 aliphatic rings. The van der Waals surface area contributed by atoms with Crippen molar-refractivity contribution in [2.24, 2.45) is 12.0 Å². The summed E-state index contributed by atoms with van der Waals surface area (Å²) in [5, 5.41) is 12.0. The van der Waals surface area contributed by atoms with Crippen molar-refractivity contribution in [2.75, 3.05) is 19.6 Å². The Morgan fingerprint density at radius 3 is 2.79 bits per heavy atom. The van der Waals surface area contributed by atoms with E-state index < -0.39 is 0 Å². The zero-order valence-electron chi connectivity index (χ0n) is 17.4. The van der Waals surface area contributed by atoms with Gasteiger partial charge in [0.2, 0.25) is 0 Å². The third-order valence-electron chi connectivity index (χ3n) is 5.38. The maximum Gasteiger partial charge on any atom is 0.194 e. The van der Waals surface area contributed by atoms with Crippen LogP contribution in [0.2, 0.25) is 0 Å². The molecule has 1 N–H and O–H groups in total. The third-order valence-corrected chi connectivity index (χ3v) is 5.38. The summed E-state index contributed by atoms with van der Waals surface area (Å²) in [6.45, 7) is 9.81. The molecule has 156 valence electrons. The first-order chi connectivity index (χ1) is 13.1. The Balaban J connectivity index is 0.00000280. The molecule has 0 spiro atoms. The average Bonchev–Trinajstić information content (AvgIpc) is 3.40. The summed E-state index contributed by atoms with van der Waals surface area (Å²) in [7, 11) is 1.97. The molecular formula is C20H33IN6O. The Morgan fingerprint density at radius 1 is 1.36 bits per heavy atom. The van der Waals surface area contributed by atoms with Gasteiger partial charge in [0.1, 0.15) is 6.54 Å². The predicted octanol–water partition coefficient (Wildman–Crippen LogP) is 3.88. The summed E-state index contributed by atoms with van der Waals surface area (Å²) < 4.78 is 7.39. The van der Waals surface area contributed by atoms with E-state index in [1.807, 2.05) is 17.9 Å². The minimum Gasteiger partial charge on any atom is -0.359 e. The van der Waals surface area contributed by atoms with Crippen molar-refractivity contribution in [3.8, 4) is 0 Å². The van der Waals surface area contributed by atoms with Crippen LogP contribution in [0.25, 0.3) is 0 Å². The van der Waals surface area contributed by atoms with Crippen LogP contribution in [0.1, 0.15) is 68.9 Å². The molecule has 7 nitrogen and oxygen atoms in total. The summed E-state index contributed by atoms with van der Waals surface area (Å²) >= 11 is 0. The minimum absolute atomic E-state index is 0. The summed E-state index contributed by atoms with van der Waals surface area (Å²) in [6.07, 6.45) is 7.38. The van der Waals surface area contributed by atoms with Crippen molar-refractivity contribution in [1.29, 1.82) is 0 Å². The molecule has 0 radical (unpaired) electrons. The molecule has 0 saturated carbocycles. The first-order valence-electron chi connectivity index (χ1n) is 10.1. The number of halogens is 1. The Morgan fingerprint density at radius 2 is 2.14 bits per heavy atom. The summed E-state index contributed by atoms with van der Waals surface area (Å²) in [4.78, 5) is 7.13. The molecule has 0 bridgehead atoms. The highest BCUT2D eigenvalue weighted by Crippen LogP contribution is 2.27. The molecule has 1 fully saturated rings. The molecule has 1 saturated heterocycles. The normalized spacial score (nSPS) is 17.2. The lowest BCUT2D eigenvalue weighted by atomic mass is 9.99. The lowest BCUT2D eigenvalue weighted by molar-refractivity contribution is 0.371. The van der Waals surface area contributed by atoms with Crippen molar-refractivity contribution in [3.63, 3.8) is 0 Å². The highest BCUT2D eigenvalue weighted by atomic mass is 127. The number of rotatable bonds is 7. The lowest BCUT2D eigenvalue weighted by Crippen LogP contribution is -2.39. The predicted molar refractivity (Wildman–Crippen MR) is 122 cm³/mol. The van der Waals surface area contributed by atoms with Gasteiger partial charge >= 0.3 is 0 Å². The second kappa shape index (κ2) is 10.8. The Bertz CT molecular complexity index is 751. The third kappa shape index (κ3) is 5.48. The zero-order chi connectivity index (χ0) is 19.2. The van der Waals surface area contributed by atoms with E-state index in [4.69, 9.17) is 9.52 Å². The molecule has 2 aromatic heterocycles. The van der Waals surface area contributed by atoms with Crippen LogP contribution in [0.15, 0.2) is 28.0 Å². The van der Waals surface area contributed by atoms with Crippen molar-refractivity contribution in [2.45, 2.75) is 58.4 Å². The van der Waals surface area contributed by atoms with Gasteiger partial charge in [0.25, 0.3) is 0 Å². The molecule has 1 atom stereocenters. The van der Waals surface area contributed by atoms with Gasteiger partial charge in [-0.3, -0.25) is 4.68 Å². The van der Waals surface area contributed by atoms with Crippen LogP contribution < -0.4 is 5.32 Å². The van der Waals surface area contributed by atoms with Gasteiger partial charge in [-0.15, -0.1) is 24.0 Å². The van der Waals surface area contributed by atoms with Crippen LogP contribution in [0.5, 0.6) is 0 Å². The van der Waals surface area contributed by atoms with Gasteiger partial charge in [-0.25, -0.2) is 4.99 Å². The number of guanidine groups is 1. The highest BCUT2D eigenvalue weighted by Gasteiger charge is 2.27. The molecule has 1 unspecified atom stereocenters. The smallest absolute Gasteiger partial charge is 0.194 e. The van der Waals surface area contributed by atoms with E-state index in [1.54, 1.807) is 0 Å². The molecule has 2 aromatic rings. The van der Waals surface area contributed by atoms with Crippen LogP contribution in [0, 0.1) is 0 Å². The molecule has 3 rings (SSSR count). The molecule has 0 amide bonds. The molecule has 0 aromatic carbocycles. The first-order valence-corrected chi connectivity index (χ1v) is 10.1. The second-order valence-corrected chi connectivity index (χ2v) is 7.28. The second-order valence-electron chi connectivity index (χ2n) is 7.28. The van der Waals surface area contributed by atoms with Gasteiger partial charge in [0, 0.05) is 50.8 Å². The molecule has 8 heteroatoms. The number of hydrogen-bond donors (Lipinski definition) is 1. The van der Waals surface area contributed by atoms with E-state index >= 15 is 0 Å². The van der Waals surface area contributed by atoms with Gasteiger partial charge < -0.3 is 14.7 Å². The Kier molecular flexibility index (Phi) is 8.78. The van der Waals surface area contributed by atoms with E-state index in [2.05, 4.69) is 53.5 Å². The van der Waals surface area contributed by atoms with Gasteiger partial charge in [-0.05, 0) is 31.7 Å². The molecule has 3 heterocycles. The van der Waals surface area contributed by atoms with E-state index in [0.29, 0.717) is 18.4 Å². The van der Waals surface area contributed by atoms with Gasteiger partial charge in [-0.1, -0.05) is 19.0 Å². The van der Waals surface area contributed by atoms with Crippen molar-refractivity contribution >= 4 is 29.9 Å². The number of aromatic nitrogens is 3. The molecular weight excluding hydrogens is 467 g/mol. The summed E-state index contributed by atoms with van der Waals surface area (Å²) in [6, 6.07) is 2.06. The molecule has 0 aliphatic carbocycles. The molecule has 1 aliphatic heterocycles. The fraction of sp³-hybridized carbons (Fsp3) is 0.650. The van der Waals surface area contributed by atoms with Crippen molar-refractivity contribution in [1.82, 2.24) is 25.2 Å². The fourth-order valence-electron chi connectivity index (χ4n) is 3.76. The van der Waals surface area contributed by atoms with Crippen molar-refractivity contribution < 1.29 is 4.52 Å². The number of hydrogen-bond acceptors (Lipinski definition) is 4. The number of aryl methyl sites for hydroxylation is 1. The zero-order valence-corrected chi connectivity index (χ0v) is 19.7. The van der Waals surface area contributed by atoms with Crippen LogP contribution >= 0.6 is 24.0 Å². The highest BCUT2D eigenvalue weighted by molar-refractivity contribution is 14.0. The SMILES string of the molecule is CCNC(=NCc1cc(C(CC)CC)no1)N1CCC(c2cnn(C)c2)C1.I. The monoisotopic (exact) mass is 500 g/mol. The van der Waals surface area contributed by atoms with Crippen LogP contribution in [0.3, 0.4) is 0 Å². The van der Waals surface area contributed by atoms with Gasteiger partial charge in [0.05, 0.1) is 11.9 Å². The van der Waals surface area contributed by atoms with E-state index in [-0.39, 0.29) is 24.0 Å². The maximum absolute atomic E-state index is 5.52. The van der Waals surface area contributed by atoms with Gasteiger partial charge in [-0.2, -0.15) is 5.10 Å². The molecule has 28 heavy (non-hydrogen) atoms. The number of likely N-dealkylation sites (tertiary alicyclic amines) is 1. The fourth-order valence-corrected chi connectivity index (χ4v) is 3.76. The largest absolute Gasteiger partial charge is 0.359 e. The summed E-state index contributed by atoms with van der Waals surface area (Å²) in [5.74, 6) is 2.76. The van der Waals surface area contributed by atoms with E-state index in [9.17, 15) is 0 Å². The minimum atomic E-state index is 0. The first kappa shape index (κ1) is 22.7. The quantitative estimate of drug-likeness (QED) is 0.355. The Labute approximate surface area is 185 Å². The van der Waals surface area contributed by atoms with Crippen LogP contribution in [-0.4, -0.2) is 45.4 Å². The average molecular weight is 500 g/mol. The van der Waals surface area contributed by atoms with E-state index in [0.717, 1.165) is 56.3 Å². The number of nitrogens with zero attached hydrogens (tertiary/aromatic N) is 5. The topological polar surface area (TPSA) is 71.5 Å². The van der Waals surface area contributed by atoms with Gasteiger partial charge in [0.15, 0.2) is 11.7 Å². The van der Waals surface area contributed by atoms with E-state index in [1.165, 1.54) is 5.56 Å². The van der Waals surface area contributed by atoms with Crippen LogP contribution in [0.4, 0.5) is 0 Å². The number of aliphatic imine (C=N–C) groups is 1.